The van der Waals surface area contributed by atoms with E-state index in [2.05, 4.69) is 20.4 Å². The third-order valence-corrected chi connectivity index (χ3v) is 5.69. The van der Waals surface area contributed by atoms with Gasteiger partial charge in [-0.3, -0.25) is 4.98 Å². The number of aromatic nitrogens is 3. The smallest absolute Gasteiger partial charge is 0.397 e. The number of aryl methyl sites for hydroxylation is 2. The first-order valence-corrected chi connectivity index (χ1v) is 10.4. The number of hydrogen-bond donors (Lipinski definition) is 1. The van der Waals surface area contributed by atoms with Crippen LogP contribution in [0.4, 0.5) is 4.79 Å². The van der Waals surface area contributed by atoms with Gasteiger partial charge in [0.05, 0.1) is 16.9 Å². The first-order chi connectivity index (χ1) is 14.2. The molecule has 4 rings (SSSR count). The highest BCUT2D eigenvalue weighted by atomic mass is 32.1. The van der Waals surface area contributed by atoms with Crippen molar-refractivity contribution in [3.8, 4) is 16.5 Å². The molecule has 0 unspecified atom stereocenters. The molecule has 0 bridgehead atoms. The van der Waals surface area contributed by atoms with Crippen molar-refractivity contribution in [3.05, 3.63) is 46.9 Å². The van der Waals surface area contributed by atoms with E-state index in [4.69, 9.17) is 14.0 Å². The monoisotopic (exact) mass is 414 g/mol. The molecular formula is C20H22N4O4S. The molecule has 0 radical (unpaired) electrons. The fourth-order valence-electron chi connectivity index (χ4n) is 3.21. The molecule has 0 aliphatic carbocycles. The van der Waals surface area contributed by atoms with Gasteiger partial charge in [0, 0.05) is 37.4 Å². The normalized spacial score (nSPS) is 14.7. The first-order valence-electron chi connectivity index (χ1n) is 9.56. The molecule has 0 spiro atoms. The molecule has 29 heavy (non-hydrogen) atoms. The summed E-state index contributed by atoms with van der Waals surface area (Å²) in [7, 11) is 0. The highest BCUT2D eigenvalue weighted by molar-refractivity contribution is 7.13. The van der Waals surface area contributed by atoms with Crippen LogP contribution in [0.25, 0.3) is 11.4 Å². The third-order valence-electron chi connectivity index (χ3n) is 4.75. The summed E-state index contributed by atoms with van der Waals surface area (Å²) in [6.45, 7) is 3.22. The molecule has 0 aromatic carbocycles. The van der Waals surface area contributed by atoms with Gasteiger partial charge in [0.1, 0.15) is 11.5 Å². The number of nitrogens with one attached hydrogen (secondary N) is 1. The number of carbonyl (C=O) groups is 1. The van der Waals surface area contributed by atoms with E-state index in [9.17, 15) is 4.79 Å². The lowest BCUT2D eigenvalue weighted by atomic mass is 10.1. The van der Waals surface area contributed by atoms with E-state index in [1.165, 1.54) is 11.3 Å². The molecule has 4 heterocycles. The van der Waals surface area contributed by atoms with E-state index in [0.29, 0.717) is 31.1 Å². The molecule has 3 aromatic rings. The molecule has 1 N–H and O–H groups in total. The fraction of sp³-hybridized carbons (Fsp3) is 0.400. The van der Waals surface area contributed by atoms with Crippen molar-refractivity contribution in [2.45, 2.75) is 38.6 Å². The van der Waals surface area contributed by atoms with Crippen molar-refractivity contribution in [2.24, 2.45) is 0 Å². The van der Waals surface area contributed by atoms with Crippen LogP contribution in [0.3, 0.4) is 0 Å². The number of ether oxygens (including phenoxy) is 2. The Bertz CT molecular complexity index is 951. The van der Waals surface area contributed by atoms with Crippen LogP contribution in [0.5, 0.6) is 5.06 Å². The van der Waals surface area contributed by atoms with Crippen LogP contribution in [-0.4, -0.2) is 40.5 Å². The molecule has 1 amide bonds. The number of amides is 1. The SMILES string of the molecule is Cc1onc(-c2ccccn2)c1CCc1ncc(OC(=O)NC2CCOCC2)s1. The van der Waals surface area contributed by atoms with E-state index in [1.54, 1.807) is 12.4 Å². The van der Waals surface area contributed by atoms with E-state index in [0.717, 1.165) is 40.6 Å². The standard InChI is InChI=1S/C20H22N4O4S/c1-13-15(19(24-28-13)16-4-2-3-9-21-16)5-6-17-22-12-18(29-17)27-20(25)23-14-7-10-26-11-8-14/h2-4,9,12,14H,5-8,10-11H2,1H3,(H,23,25). The number of thiazole rings is 1. The van der Waals surface area contributed by atoms with Gasteiger partial charge in [-0.2, -0.15) is 0 Å². The summed E-state index contributed by atoms with van der Waals surface area (Å²) in [5.74, 6) is 0.773. The average Bonchev–Trinajstić information content (AvgIpc) is 3.34. The molecule has 1 aliphatic rings. The van der Waals surface area contributed by atoms with Gasteiger partial charge in [0.25, 0.3) is 0 Å². The number of hydrogen-bond acceptors (Lipinski definition) is 8. The van der Waals surface area contributed by atoms with Crippen molar-refractivity contribution < 1.29 is 18.8 Å². The van der Waals surface area contributed by atoms with Crippen molar-refractivity contribution in [3.63, 3.8) is 0 Å². The molecule has 1 saturated heterocycles. The molecule has 1 fully saturated rings. The Labute approximate surface area is 172 Å². The minimum absolute atomic E-state index is 0.102. The third kappa shape index (κ3) is 4.99. The summed E-state index contributed by atoms with van der Waals surface area (Å²) < 4.78 is 16.0. The highest BCUT2D eigenvalue weighted by Gasteiger charge is 2.19. The molecule has 0 saturated carbocycles. The lowest BCUT2D eigenvalue weighted by Crippen LogP contribution is -2.40. The van der Waals surface area contributed by atoms with Crippen LogP contribution < -0.4 is 10.1 Å². The maximum Gasteiger partial charge on any atom is 0.413 e. The lowest BCUT2D eigenvalue weighted by Gasteiger charge is -2.22. The average molecular weight is 414 g/mol. The van der Waals surface area contributed by atoms with Gasteiger partial charge in [0.15, 0.2) is 0 Å². The second-order valence-electron chi connectivity index (χ2n) is 6.77. The number of pyridine rings is 1. The Morgan fingerprint density at radius 1 is 1.28 bits per heavy atom. The molecule has 9 heteroatoms. The van der Waals surface area contributed by atoms with Crippen LogP contribution in [0.2, 0.25) is 0 Å². The molecule has 3 aromatic heterocycles. The second kappa shape index (κ2) is 9.15. The van der Waals surface area contributed by atoms with E-state index >= 15 is 0 Å². The molecular weight excluding hydrogens is 392 g/mol. The number of carbonyl (C=O) groups excluding carboxylic acids is 1. The highest BCUT2D eigenvalue weighted by Crippen LogP contribution is 2.27. The molecule has 1 aliphatic heterocycles. The van der Waals surface area contributed by atoms with Gasteiger partial charge in [-0.25, -0.2) is 9.78 Å². The summed E-state index contributed by atoms with van der Waals surface area (Å²) >= 11 is 1.37. The number of nitrogens with zero attached hydrogens (tertiary/aromatic N) is 3. The van der Waals surface area contributed by atoms with Crippen LogP contribution >= 0.6 is 11.3 Å². The molecule has 8 nitrogen and oxygen atoms in total. The summed E-state index contributed by atoms with van der Waals surface area (Å²) in [6.07, 6.45) is 5.89. The first kappa shape index (κ1) is 19.5. The Kier molecular flexibility index (Phi) is 6.16. The minimum Gasteiger partial charge on any atom is -0.397 e. The Morgan fingerprint density at radius 3 is 2.93 bits per heavy atom. The zero-order valence-electron chi connectivity index (χ0n) is 16.1. The van der Waals surface area contributed by atoms with E-state index < -0.39 is 6.09 Å². The van der Waals surface area contributed by atoms with Crippen LogP contribution in [-0.2, 0) is 17.6 Å². The Morgan fingerprint density at radius 2 is 2.14 bits per heavy atom. The maximum absolute atomic E-state index is 12.1. The van der Waals surface area contributed by atoms with Crippen molar-refractivity contribution in [1.82, 2.24) is 20.4 Å². The zero-order valence-corrected chi connectivity index (χ0v) is 16.9. The Hall–Kier alpha value is -2.78. The van der Waals surface area contributed by atoms with Crippen LogP contribution in [0, 0.1) is 6.92 Å². The minimum atomic E-state index is -0.445. The van der Waals surface area contributed by atoms with E-state index in [-0.39, 0.29) is 6.04 Å². The summed E-state index contributed by atoms with van der Waals surface area (Å²) in [5.41, 5.74) is 2.55. The van der Waals surface area contributed by atoms with Gasteiger partial charge in [-0.1, -0.05) is 22.6 Å². The predicted octanol–water partition coefficient (Wildman–Crippen LogP) is 3.55. The largest absolute Gasteiger partial charge is 0.413 e. The van der Waals surface area contributed by atoms with Crippen LogP contribution in [0.15, 0.2) is 35.1 Å². The molecule has 0 atom stereocenters. The predicted molar refractivity (Wildman–Crippen MR) is 107 cm³/mol. The van der Waals surface area contributed by atoms with Crippen molar-refractivity contribution >= 4 is 17.4 Å². The van der Waals surface area contributed by atoms with Crippen molar-refractivity contribution in [1.29, 1.82) is 0 Å². The molecule has 152 valence electrons. The van der Waals surface area contributed by atoms with Gasteiger partial charge in [-0.15, -0.1) is 0 Å². The van der Waals surface area contributed by atoms with Crippen LogP contribution in [0.1, 0.15) is 29.2 Å². The van der Waals surface area contributed by atoms with E-state index in [1.807, 2.05) is 25.1 Å². The quantitative estimate of drug-likeness (QED) is 0.658. The van der Waals surface area contributed by atoms with Gasteiger partial charge >= 0.3 is 6.09 Å². The second-order valence-corrected chi connectivity index (χ2v) is 7.85. The number of rotatable bonds is 6. The van der Waals surface area contributed by atoms with Crippen molar-refractivity contribution in [2.75, 3.05) is 13.2 Å². The topological polar surface area (TPSA) is 99.4 Å². The summed E-state index contributed by atoms with van der Waals surface area (Å²) in [6, 6.07) is 5.80. The zero-order chi connectivity index (χ0) is 20.1. The lowest BCUT2D eigenvalue weighted by molar-refractivity contribution is 0.0779. The fourth-order valence-corrected chi connectivity index (χ4v) is 3.97. The Balaban J connectivity index is 1.34. The maximum atomic E-state index is 12.1. The van der Waals surface area contributed by atoms with Gasteiger partial charge < -0.3 is 19.3 Å². The van der Waals surface area contributed by atoms with Gasteiger partial charge in [0.2, 0.25) is 5.06 Å². The summed E-state index contributed by atoms with van der Waals surface area (Å²) in [4.78, 5) is 20.8. The van der Waals surface area contributed by atoms with Gasteiger partial charge in [-0.05, 0) is 38.3 Å². The summed E-state index contributed by atoms with van der Waals surface area (Å²) in [5, 5.41) is 8.40.